The first-order valence-electron chi connectivity index (χ1n) is 11.5. The monoisotopic (exact) mass is 441 g/mol. The van der Waals surface area contributed by atoms with Gasteiger partial charge in [-0.1, -0.05) is 24.3 Å². The molecule has 168 valence electrons. The van der Waals surface area contributed by atoms with Gasteiger partial charge in [0.25, 0.3) is 5.91 Å². The minimum Gasteiger partial charge on any atom is -0.351 e. The van der Waals surface area contributed by atoms with E-state index in [-0.39, 0.29) is 5.91 Å². The van der Waals surface area contributed by atoms with Crippen LogP contribution in [0, 0.1) is 24.2 Å². The van der Waals surface area contributed by atoms with Gasteiger partial charge in [-0.15, -0.1) is 5.10 Å². The van der Waals surface area contributed by atoms with Crippen LogP contribution in [0.2, 0.25) is 0 Å². The molecule has 0 spiro atoms. The highest BCUT2D eigenvalue weighted by molar-refractivity contribution is 5.93. The van der Waals surface area contributed by atoms with Crippen LogP contribution in [-0.2, 0) is 13.0 Å². The molecule has 8 nitrogen and oxygen atoms in total. The second kappa shape index (κ2) is 8.66. The van der Waals surface area contributed by atoms with E-state index in [0.29, 0.717) is 23.7 Å². The Kier molecular flexibility index (Phi) is 5.55. The first-order chi connectivity index (χ1) is 16.1. The van der Waals surface area contributed by atoms with Crippen molar-refractivity contribution in [2.45, 2.75) is 39.7 Å². The minimum atomic E-state index is -0.0270. The number of hydrogen-bond donors (Lipinski definition) is 0. The maximum absolute atomic E-state index is 13.1. The van der Waals surface area contributed by atoms with Crippen molar-refractivity contribution >= 4 is 11.7 Å². The average molecular weight is 442 g/mol. The van der Waals surface area contributed by atoms with Crippen LogP contribution in [0.4, 0.5) is 5.82 Å². The number of anilines is 1. The standard InChI is InChI=1S/C25H27N7O/c1-17-8-12-30(13-9-17)25(33)23-18(2)32(29-28-23)22-7-3-5-20-16-31(14-10-21(20)22)24-19(15-26)6-4-11-27-24/h3-7,11,17H,8-10,12-14,16H2,1-2H3. The topological polar surface area (TPSA) is 90.9 Å². The van der Waals surface area contributed by atoms with Crippen molar-refractivity contribution in [3.8, 4) is 11.8 Å². The number of nitrogens with zero attached hydrogens (tertiary/aromatic N) is 7. The number of aromatic nitrogens is 4. The zero-order valence-electron chi connectivity index (χ0n) is 19.0. The van der Waals surface area contributed by atoms with E-state index in [1.165, 1.54) is 11.1 Å². The lowest BCUT2D eigenvalue weighted by atomic mass is 9.97. The Bertz CT molecular complexity index is 1230. The summed E-state index contributed by atoms with van der Waals surface area (Å²) in [4.78, 5) is 21.6. The van der Waals surface area contributed by atoms with Gasteiger partial charge in [-0.05, 0) is 61.4 Å². The van der Waals surface area contributed by atoms with Crippen molar-refractivity contribution in [1.29, 1.82) is 5.26 Å². The van der Waals surface area contributed by atoms with Crippen molar-refractivity contribution < 1.29 is 4.79 Å². The van der Waals surface area contributed by atoms with Crippen LogP contribution in [0.1, 0.15) is 52.6 Å². The summed E-state index contributed by atoms with van der Waals surface area (Å²) in [6.45, 7) is 7.13. The molecule has 1 fully saturated rings. The van der Waals surface area contributed by atoms with E-state index in [0.717, 1.165) is 56.1 Å². The van der Waals surface area contributed by atoms with E-state index >= 15 is 0 Å². The molecule has 0 unspecified atom stereocenters. The number of carbonyl (C=O) groups excluding carboxylic acids is 1. The summed E-state index contributed by atoms with van der Waals surface area (Å²) < 4.78 is 1.80. The molecular formula is C25H27N7O. The summed E-state index contributed by atoms with van der Waals surface area (Å²) in [5.41, 5.74) is 5.12. The molecule has 33 heavy (non-hydrogen) atoms. The lowest BCUT2D eigenvalue weighted by Crippen LogP contribution is -2.38. The smallest absolute Gasteiger partial charge is 0.276 e. The molecule has 0 N–H and O–H groups in total. The third-order valence-corrected chi connectivity index (χ3v) is 6.84. The van der Waals surface area contributed by atoms with Crippen LogP contribution >= 0.6 is 0 Å². The molecule has 2 aliphatic heterocycles. The van der Waals surface area contributed by atoms with Gasteiger partial charge in [-0.3, -0.25) is 4.79 Å². The molecule has 2 aliphatic rings. The number of rotatable bonds is 3. The van der Waals surface area contributed by atoms with Gasteiger partial charge in [0.2, 0.25) is 0 Å². The number of fused-ring (bicyclic) bond motifs is 1. The van der Waals surface area contributed by atoms with Gasteiger partial charge in [0.1, 0.15) is 11.9 Å². The highest BCUT2D eigenvalue weighted by Gasteiger charge is 2.28. The van der Waals surface area contributed by atoms with Gasteiger partial charge in [0.15, 0.2) is 5.69 Å². The van der Waals surface area contributed by atoms with Gasteiger partial charge in [-0.2, -0.15) is 5.26 Å². The van der Waals surface area contributed by atoms with Crippen molar-refractivity contribution in [2.24, 2.45) is 5.92 Å². The number of piperidine rings is 1. The van der Waals surface area contributed by atoms with Crippen molar-refractivity contribution in [3.63, 3.8) is 0 Å². The average Bonchev–Trinajstić information content (AvgIpc) is 3.24. The van der Waals surface area contributed by atoms with E-state index in [1.54, 1.807) is 23.0 Å². The molecule has 0 atom stereocenters. The van der Waals surface area contributed by atoms with Crippen molar-refractivity contribution in [1.82, 2.24) is 24.9 Å². The Morgan fingerprint density at radius 2 is 1.97 bits per heavy atom. The van der Waals surface area contributed by atoms with Crippen molar-refractivity contribution in [3.05, 3.63) is 64.6 Å². The van der Waals surface area contributed by atoms with Crippen LogP contribution in [-0.4, -0.2) is 50.4 Å². The molecule has 0 saturated carbocycles. The molecule has 3 aromatic rings. The first-order valence-corrected chi connectivity index (χ1v) is 11.5. The maximum atomic E-state index is 13.1. The molecule has 2 aromatic heterocycles. The van der Waals surface area contributed by atoms with Gasteiger partial charge in [0.05, 0.1) is 16.9 Å². The highest BCUT2D eigenvalue weighted by Crippen LogP contribution is 2.29. The molecule has 0 radical (unpaired) electrons. The predicted molar refractivity (Wildman–Crippen MR) is 124 cm³/mol. The highest BCUT2D eigenvalue weighted by atomic mass is 16.2. The van der Waals surface area contributed by atoms with Gasteiger partial charge in [-0.25, -0.2) is 9.67 Å². The number of nitriles is 1. The Hall–Kier alpha value is -3.73. The van der Waals surface area contributed by atoms with Crippen LogP contribution < -0.4 is 4.90 Å². The summed E-state index contributed by atoms with van der Waals surface area (Å²) in [6.07, 6.45) is 4.58. The van der Waals surface area contributed by atoms with Crippen LogP contribution in [0.15, 0.2) is 36.5 Å². The summed E-state index contributed by atoms with van der Waals surface area (Å²) in [5.74, 6) is 1.36. The number of hydrogen-bond acceptors (Lipinski definition) is 6. The SMILES string of the molecule is Cc1c(C(=O)N2CCC(C)CC2)nnn1-c1cccc2c1CCN(c1ncccc1C#N)C2. The Labute approximate surface area is 193 Å². The first kappa shape index (κ1) is 21.1. The molecule has 1 saturated heterocycles. The second-order valence-corrected chi connectivity index (χ2v) is 8.98. The summed E-state index contributed by atoms with van der Waals surface area (Å²) in [6, 6.07) is 12.0. The van der Waals surface area contributed by atoms with E-state index in [4.69, 9.17) is 0 Å². The molecule has 1 aromatic carbocycles. The number of amides is 1. The number of likely N-dealkylation sites (tertiary alicyclic amines) is 1. The van der Waals surface area contributed by atoms with Crippen molar-refractivity contribution in [2.75, 3.05) is 24.5 Å². The fraction of sp³-hybridized carbons (Fsp3) is 0.400. The van der Waals surface area contributed by atoms with E-state index < -0.39 is 0 Å². The summed E-state index contributed by atoms with van der Waals surface area (Å²) >= 11 is 0. The Morgan fingerprint density at radius 1 is 1.15 bits per heavy atom. The third kappa shape index (κ3) is 3.84. The number of benzene rings is 1. The van der Waals surface area contributed by atoms with Gasteiger partial charge in [0, 0.05) is 32.4 Å². The molecule has 0 aliphatic carbocycles. The van der Waals surface area contributed by atoms with E-state index in [9.17, 15) is 10.1 Å². The number of carbonyl (C=O) groups is 1. The molecule has 4 heterocycles. The second-order valence-electron chi connectivity index (χ2n) is 8.98. The molecule has 1 amide bonds. The van der Waals surface area contributed by atoms with Gasteiger partial charge < -0.3 is 9.80 Å². The minimum absolute atomic E-state index is 0.0270. The third-order valence-electron chi connectivity index (χ3n) is 6.84. The summed E-state index contributed by atoms with van der Waals surface area (Å²) in [7, 11) is 0. The number of pyridine rings is 1. The Balaban J connectivity index is 1.43. The lowest BCUT2D eigenvalue weighted by molar-refractivity contribution is 0.0690. The van der Waals surface area contributed by atoms with E-state index in [1.807, 2.05) is 24.0 Å². The zero-order valence-corrected chi connectivity index (χ0v) is 19.0. The fourth-order valence-electron chi connectivity index (χ4n) is 4.82. The fourth-order valence-corrected chi connectivity index (χ4v) is 4.82. The van der Waals surface area contributed by atoms with Crippen LogP contribution in [0.3, 0.4) is 0 Å². The molecule has 5 rings (SSSR count). The Morgan fingerprint density at radius 3 is 2.76 bits per heavy atom. The molecular weight excluding hydrogens is 414 g/mol. The van der Waals surface area contributed by atoms with Gasteiger partial charge >= 0.3 is 0 Å². The summed E-state index contributed by atoms with van der Waals surface area (Å²) in [5, 5.41) is 18.1. The quantitative estimate of drug-likeness (QED) is 0.620. The largest absolute Gasteiger partial charge is 0.351 e. The zero-order chi connectivity index (χ0) is 22.9. The maximum Gasteiger partial charge on any atom is 0.276 e. The normalized spacial score (nSPS) is 16.4. The molecule has 8 heteroatoms. The lowest BCUT2D eigenvalue weighted by Gasteiger charge is -2.31. The van der Waals surface area contributed by atoms with Crippen LogP contribution in [0.25, 0.3) is 5.69 Å². The van der Waals surface area contributed by atoms with E-state index in [2.05, 4.69) is 39.3 Å². The molecule has 0 bridgehead atoms. The van der Waals surface area contributed by atoms with Crippen LogP contribution in [0.5, 0.6) is 0 Å². The predicted octanol–water partition coefficient (Wildman–Crippen LogP) is 3.28.